The monoisotopic (exact) mass is 494 g/mol. The minimum Gasteiger partial charge on any atom is -0.352 e. The fraction of sp³-hybridized carbons (Fsp3) is 0.150. The molecule has 0 saturated heterocycles. The third-order valence-electron chi connectivity index (χ3n) is 4.38. The fourth-order valence-corrected chi connectivity index (χ4v) is 3.38. The largest absolute Gasteiger partial charge is 0.433 e. The summed E-state index contributed by atoms with van der Waals surface area (Å²) in [6.45, 7) is 0.517. The lowest BCUT2D eigenvalue weighted by molar-refractivity contribution is -0.141. The molecule has 33 heavy (non-hydrogen) atoms. The predicted molar refractivity (Wildman–Crippen MR) is 119 cm³/mol. The molecule has 4 rings (SSSR count). The molecular formula is C20H15Cl2F3N8. The van der Waals surface area contributed by atoms with Crippen molar-refractivity contribution in [1.82, 2.24) is 29.5 Å². The van der Waals surface area contributed by atoms with E-state index in [4.69, 9.17) is 23.2 Å². The first kappa shape index (κ1) is 22.7. The maximum Gasteiger partial charge on any atom is 0.433 e. The maximum absolute atomic E-state index is 12.8. The van der Waals surface area contributed by atoms with Crippen LogP contribution in [0.4, 0.5) is 25.1 Å². The highest BCUT2D eigenvalue weighted by atomic mass is 35.5. The maximum atomic E-state index is 12.8. The molecule has 3 aromatic heterocycles. The first-order valence-corrected chi connectivity index (χ1v) is 10.3. The van der Waals surface area contributed by atoms with Crippen LogP contribution in [-0.2, 0) is 6.18 Å². The van der Waals surface area contributed by atoms with Crippen LogP contribution in [0.15, 0.2) is 55.4 Å². The number of nitrogens with zero attached hydrogens (tertiary/aromatic N) is 6. The minimum absolute atomic E-state index is 0.128. The van der Waals surface area contributed by atoms with Gasteiger partial charge < -0.3 is 15.2 Å². The number of hydrogen-bond donors (Lipinski definition) is 2. The summed E-state index contributed by atoms with van der Waals surface area (Å²) in [4.78, 5) is 20.2. The topological polar surface area (TPSA) is 93.4 Å². The van der Waals surface area contributed by atoms with E-state index in [-0.39, 0.29) is 19.0 Å². The van der Waals surface area contributed by atoms with Gasteiger partial charge in [-0.15, -0.1) is 0 Å². The summed E-state index contributed by atoms with van der Waals surface area (Å²) in [5.74, 6) is 0.170. The number of aromatic nitrogens is 6. The van der Waals surface area contributed by atoms with E-state index in [1.165, 1.54) is 0 Å². The zero-order chi connectivity index (χ0) is 23.4. The Kier molecular flexibility index (Phi) is 6.61. The van der Waals surface area contributed by atoms with E-state index in [0.29, 0.717) is 32.9 Å². The van der Waals surface area contributed by atoms with Crippen LogP contribution >= 0.6 is 23.2 Å². The van der Waals surface area contributed by atoms with Crippen LogP contribution in [0.1, 0.15) is 5.69 Å². The second kappa shape index (κ2) is 9.59. The van der Waals surface area contributed by atoms with Crippen LogP contribution < -0.4 is 10.6 Å². The van der Waals surface area contributed by atoms with Crippen LogP contribution in [-0.4, -0.2) is 42.6 Å². The third kappa shape index (κ3) is 5.49. The Labute approximate surface area is 195 Å². The zero-order valence-corrected chi connectivity index (χ0v) is 18.2. The molecular weight excluding hydrogens is 480 g/mol. The Balaban J connectivity index is 1.50. The summed E-state index contributed by atoms with van der Waals surface area (Å²) in [7, 11) is 0. The Morgan fingerprint density at radius 1 is 0.939 bits per heavy atom. The van der Waals surface area contributed by atoms with E-state index in [1.54, 1.807) is 47.7 Å². The van der Waals surface area contributed by atoms with Crippen LogP contribution in [0.5, 0.6) is 0 Å². The molecule has 0 saturated carbocycles. The van der Waals surface area contributed by atoms with E-state index in [0.717, 1.165) is 12.3 Å². The first-order valence-electron chi connectivity index (χ1n) is 9.50. The van der Waals surface area contributed by atoms with Crippen LogP contribution in [0.2, 0.25) is 10.0 Å². The Morgan fingerprint density at radius 3 is 2.36 bits per heavy atom. The summed E-state index contributed by atoms with van der Waals surface area (Å²) in [6.07, 6.45) is 3.10. The fourth-order valence-electron chi connectivity index (χ4n) is 2.88. The Morgan fingerprint density at radius 2 is 1.70 bits per heavy atom. The quantitative estimate of drug-likeness (QED) is 0.350. The van der Waals surface area contributed by atoms with E-state index < -0.39 is 11.9 Å². The molecule has 4 aromatic rings. The number of benzene rings is 1. The van der Waals surface area contributed by atoms with Crippen molar-refractivity contribution < 1.29 is 13.2 Å². The zero-order valence-electron chi connectivity index (χ0n) is 16.7. The standard InChI is InChI=1S/C20H15Cl2F3N8/c21-12-1-2-13(14(22)9-12)17-15(33-8-7-26-11-33)10-30-19(32-17)29-6-5-28-18-27-4-3-16(31-18)20(23,24)25/h1-4,7-11H,5-6H2,(H,27,28,31)(H,29,30,32). The van der Waals surface area contributed by atoms with Crippen molar-refractivity contribution in [3.63, 3.8) is 0 Å². The molecule has 0 bridgehead atoms. The van der Waals surface area contributed by atoms with E-state index in [9.17, 15) is 13.2 Å². The minimum atomic E-state index is -4.54. The highest BCUT2D eigenvalue weighted by Gasteiger charge is 2.32. The van der Waals surface area contributed by atoms with Gasteiger partial charge in [0.1, 0.15) is 11.4 Å². The van der Waals surface area contributed by atoms with Gasteiger partial charge in [-0.3, -0.25) is 0 Å². The second-order valence-electron chi connectivity index (χ2n) is 6.64. The van der Waals surface area contributed by atoms with Gasteiger partial charge >= 0.3 is 6.18 Å². The normalized spacial score (nSPS) is 11.4. The number of nitrogens with one attached hydrogen (secondary N) is 2. The van der Waals surface area contributed by atoms with Gasteiger partial charge in [-0.05, 0) is 24.3 Å². The molecule has 0 unspecified atom stereocenters. The lowest BCUT2D eigenvalue weighted by Gasteiger charge is -2.13. The molecule has 0 aliphatic carbocycles. The lowest BCUT2D eigenvalue weighted by atomic mass is 10.1. The Hall–Kier alpha value is -3.44. The van der Waals surface area contributed by atoms with Crippen LogP contribution in [0.3, 0.4) is 0 Å². The van der Waals surface area contributed by atoms with Gasteiger partial charge in [0, 0.05) is 42.3 Å². The molecule has 0 amide bonds. The van der Waals surface area contributed by atoms with E-state index in [2.05, 4.69) is 35.6 Å². The molecule has 2 N–H and O–H groups in total. The van der Waals surface area contributed by atoms with Gasteiger partial charge in [-0.1, -0.05) is 23.2 Å². The number of imidazole rings is 1. The molecule has 3 heterocycles. The van der Waals surface area contributed by atoms with E-state index >= 15 is 0 Å². The molecule has 0 aliphatic rings. The van der Waals surface area contributed by atoms with Crippen molar-refractivity contribution in [2.24, 2.45) is 0 Å². The molecule has 8 nitrogen and oxygen atoms in total. The van der Waals surface area contributed by atoms with Crippen molar-refractivity contribution in [3.05, 3.63) is 71.1 Å². The molecule has 170 valence electrons. The van der Waals surface area contributed by atoms with Crippen molar-refractivity contribution >= 4 is 35.1 Å². The molecule has 0 atom stereocenters. The summed E-state index contributed by atoms with van der Waals surface area (Å²) in [6, 6.07) is 5.88. The molecule has 1 aromatic carbocycles. The smallest absolute Gasteiger partial charge is 0.352 e. The highest BCUT2D eigenvalue weighted by Crippen LogP contribution is 2.33. The third-order valence-corrected chi connectivity index (χ3v) is 4.92. The van der Waals surface area contributed by atoms with Gasteiger partial charge in [-0.25, -0.2) is 24.9 Å². The van der Waals surface area contributed by atoms with Crippen molar-refractivity contribution in [1.29, 1.82) is 0 Å². The number of hydrogen-bond acceptors (Lipinski definition) is 7. The first-order chi connectivity index (χ1) is 15.8. The SMILES string of the molecule is FC(F)(F)c1ccnc(NCCNc2ncc(-n3ccnc3)c(-c3ccc(Cl)cc3Cl)n2)n1. The number of alkyl halides is 3. The van der Waals surface area contributed by atoms with Crippen molar-refractivity contribution in [3.8, 4) is 16.9 Å². The lowest BCUT2D eigenvalue weighted by Crippen LogP contribution is -2.18. The van der Waals surface area contributed by atoms with Crippen molar-refractivity contribution in [2.45, 2.75) is 6.18 Å². The van der Waals surface area contributed by atoms with Gasteiger partial charge in [0.2, 0.25) is 11.9 Å². The van der Waals surface area contributed by atoms with Gasteiger partial charge in [0.05, 0.1) is 23.2 Å². The average molecular weight is 495 g/mol. The van der Waals surface area contributed by atoms with Crippen LogP contribution in [0.25, 0.3) is 16.9 Å². The van der Waals surface area contributed by atoms with Gasteiger partial charge in [-0.2, -0.15) is 13.2 Å². The molecule has 0 radical (unpaired) electrons. The molecule has 0 fully saturated rings. The Bertz CT molecular complexity index is 1250. The highest BCUT2D eigenvalue weighted by molar-refractivity contribution is 6.36. The van der Waals surface area contributed by atoms with Gasteiger partial charge in [0.15, 0.2) is 0 Å². The van der Waals surface area contributed by atoms with Crippen molar-refractivity contribution in [2.75, 3.05) is 23.7 Å². The number of anilines is 2. The molecule has 13 heteroatoms. The van der Waals surface area contributed by atoms with E-state index in [1.807, 2.05) is 0 Å². The summed E-state index contributed by atoms with van der Waals surface area (Å²) >= 11 is 12.4. The number of halogens is 5. The molecule has 0 aliphatic heterocycles. The molecule has 0 spiro atoms. The number of rotatable bonds is 7. The average Bonchev–Trinajstić information content (AvgIpc) is 3.31. The summed E-state index contributed by atoms with van der Waals surface area (Å²) < 4.78 is 40.1. The predicted octanol–water partition coefficient (Wildman–Crippen LogP) is 4.97. The van der Waals surface area contributed by atoms with Crippen LogP contribution in [0, 0.1) is 0 Å². The van der Waals surface area contributed by atoms with Gasteiger partial charge in [0.25, 0.3) is 0 Å². The summed E-state index contributed by atoms with van der Waals surface area (Å²) in [5.41, 5.74) is 0.820. The second-order valence-corrected chi connectivity index (χ2v) is 7.48. The summed E-state index contributed by atoms with van der Waals surface area (Å²) in [5, 5.41) is 6.65.